The van der Waals surface area contributed by atoms with E-state index in [1.165, 1.54) is 0 Å². The van der Waals surface area contributed by atoms with Crippen molar-refractivity contribution in [3.63, 3.8) is 0 Å². The highest BCUT2D eigenvalue weighted by Crippen LogP contribution is 2.29. The van der Waals surface area contributed by atoms with Crippen molar-refractivity contribution in [3.8, 4) is 17.2 Å². The van der Waals surface area contributed by atoms with Gasteiger partial charge in [0.15, 0.2) is 0 Å². The van der Waals surface area contributed by atoms with E-state index in [0.717, 1.165) is 11.3 Å². The lowest BCUT2D eigenvalue weighted by atomic mass is 10.1. The van der Waals surface area contributed by atoms with Gasteiger partial charge in [-0.15, -0.1) is 0 Å². The summed E-state index contributed by atoms with van der Waals surface area (Å²) in [5.74, 6) is 2.16. The summed E-state index contributed by atoms with van der Waals surface area (Å²) in [7, 11) is 4.84. The number of aliphatic hydroxyl groups excluding tert-OH is 1. The molecular formula is C20H25NO4. The number of methoxy groups -OCH3 is 3. The average Bonchev–Trinajstić information content (AvgIpc) is 2.67. The number of ether oxygens (including phenoxy) is 3. The minimum atomic E-state index is -0.690. The van der Waals surface area contributed by atoms with Crippen LogP contribution in [0.4, 0.5) is 0 Å². The first-order valence-corrected chi connectivity index (χ1v) is 8.09. The summed E-state index contributed by atoms with van der Waals surface area (Å²) in [6.07, 6.45) is 3.29. The average molecular weight is 343 g/mol. The Bertz CT molecular complexity index is 700. The zero-order valence-electron chi connectivity index (χ0n) is 14.9. The minimum Gasteiger partial charge on any atom is -0.497 e. The third kappa shape index (κ3) is 5.24. The van der Waals surface area contributed by atoms with Crippen LogP contribution in [0.15, 0.2) is 48.5 Å². The molecule has 0 unspecified atom stereocenters. The molecule has 0 aliphatic rings. The molecule has 0 fully saturated rings. The van der Waals surface area contributed by atoms with Gasteiger partial charge in [0.2, 0.25) is 0 Å². The van der Waals surface area contributed by atoms with E-state index < -0.39 is 6.10 Å². The van der Waals surface area contributed by atoms with Crippen molar-refractivity contribution in [3.05, 3.63) is 59.7 Å². The van der Waals surface area contributed by atoms with E-state index in [9.17, 15) is 5.11 Å². The van der Waals surface area contributed by atoms with E-state index >= 15 is 0 Å². The summed E-state index contributed by atoms with van der Waals surface area (Å²) in [4.78, 5) is 0. The third-order valence-electron chi connectivity index (χ3n) is 3.83. The molecule has 0 radical (unpaired) electrons. The van der Waals surface area contributed by atoms with Gasteiger partial charge in [0, 0.05) is 24.2 Å². The largest absolute Gasteiger partial charge is 0.497 e. The van der Waals surface area contributed by atoms with Gasteiger partial charge in [0.1, 0.15) is 17.2 Å². The lowest BCUT2D eigenvalue weighted by molar-refractivity contribution is 0.171. The highest BCUT2D eigenvalue weighted by molar-refractivity contribution is 5.57. The highest BCUT2D eigenvalue weighted by atomic mass is 16.5. The maximum atomic E-state index is 10.4. The first-order chi connectivity index (χ1) is 12.2. The quantitative estimate of drug-likeness (QED) is 0.685. The molecule has 2 N–H and O–H groups in total. The van der Waals surface area contributed by atoms with Gasteiger partial charge in [-0.2, -0.15) is 0 Å². The van der Waals surface area contributed by atoms with Crippen molar-refractivity contribution in [2.24, 2.45) is 0 Å². The molecule has 0 saturated heterocycles. The number of hydrogen-bond acceptors (Lipinski definition) is 5. The maximum absolute atomic E-state index is 10.4. The molecule has 134 valence electrons. The van der Waals surface area contributed by atoms with Crippen LogP contribution in [0, 0.1) is 0 Å². The van der Waals surface area contributed by atoms with Gasteiger partial charge in [-0.1, -0.05) is 30.4 Å². The number of hydrogen-bond donors (Lipinski definition) is 2. The Kier molecular flexibility index (Phi) is 7.32. The van der Waals surface area contributed by atoms with Crippen molar-refractivity contribution in [2.45, 2.75) is 6.10 Å². The molecule has 2 aromatic rings. The second-order valence-corrected chi connectivity index (χ2v) is 5.43. The van der Waals surface area contributed by atoms with Crippen LogP contribution in [0.3, 0.4) is 0 Å². The Labute approximate surface area is 148 Å². The Morgan fingerprint density at radius 3 is 2.48 bits per heavy atom. The van der Waals surface area contributed by atoms with Gasteiger partial charge < -0.3 is 24.6 Å². The lowest BCUT2D eigenvalue weighted by Crippen LogP contribution is -2.21. The van der Waals surface area contributed by atoms with Crippen LogP contribution in [0.5, 0.6) is 17.2 Å². The molecule has 0 bridgehead atoms. The molecule has 0 aliphatic heterocycles. The SMILES string of the molecule is COc1ccc(OC)c([C@@H](O)CNC/C=C/c2ccccc2OC)c1. The molecule has 0 spiro atoms. The molecule has 0 amide bonds. The van der Waals surface area contributed by atoms with E-state index in [4.69, 9.17) is 14.2 Å². The molecule has 5 nitrogen and oxygen atoms in total. The molecule has 0 saturated carbocycles. The van der Waals surface area contributed by atoms with Crippen molar-refractivity contribution < 1.29 is 19.3 Å². The summed E-state index contributed by atoms with van der Waals surface area (Å²) in [6, 6.07) is 13.2. The van der Waals surface area contributed by atoms with Gasteiger partial charge in [0.25, 0.3) is 0 Å². The fourth-order valence-corrected chi connectivity index (χ4v) is 2.50. The normalized spacial score (nSPS) is 12.2. The molecule has 2 rings (SSSR count). The molecular weight excluding hydrogens is 318 g/mol. The summed E-state index contributed by atoms with van der Waals surface area (Å²) >= 11 is 0. The van der Waals surface area contributed by atoms with E-state index in [0.29, 0.717) is 30.2 Å². The third-order valence-corrected chi connectivity index (χ3v) is 3.83. The summed E-state index contributed by atoms with van der Waals surface area (Å²) < 4.78 is 15.8. The number of benzene rings is 2. The van der Waals surface area contributed by atoms with Gasteiger partial charge >= 0.3 is 0 Å². The maximum Gasteiger partial charge on any atom is 0.126 e. The van der Waals surface area contributed by atoms with Gasteiger partial charge in [0.05, 0.1) is 27.4 Å². The van der Waals surface area contributed by atoms with Gasteiger partial charge in [-0.3, -0.25) is 0 Å². The summed E-state index contributed by atoms with van der Waals surface area (Å²) in [5.41, 5.74) is 1.71. The van der Waals surface area contributed by atoms with Crippen molar-refractivity contribution in [1.29, 1.82) is 0 Å². The van der Waals surface area contributed by atoms with Crippen LogP contribution >= 0.6 is 0 Å². The monoisotopic (exact) mass is 343 g/mol. The highest BCUT2D eigenvalue weighted by Gasteiger charge is 2.14. The second kappa shape index (κ2) is 9.71. The van der Waals surface area contributed by atoms with Crippen LogP contribution in [0.25, 0.3) is 6.08 Å². The minimum absolute atomic E-state index is 0.403. The summed E-state index contributed by atoms with van der Waals surface area (Å²) in [6.45, 7) is 1.03. The van der Waals surface area contributed by atoms with E-state index in [2.05, 4.69) is 5.32 Å². The predicted molar refractivity (Wildman–Crippen MR) is 99.4 cm³/mol. The Balaban J connectivity index is 1.90. The molecule has 0 aliphatic carbocycles. The van der Waals surface area contributed by atoms with Crippen LogP contribution in [-0.2, 0) is 0 Å². The van der Waals surface area contributed by atoms with Gasteiger partial charge in [-0.05, 0) is 24.3 Å². The van der Waals surface area contributed by atoms with Crippen LogP contribution in [0.2, 0.25) is 0 Å². The number of rotatable bonds is 9. The molecule has 25 heavy (non-hydrogen) atoms. The van der Waals surface area contributed by atoms with E-state index in [-0.39, 0.29) is 0 Å². The fourth-order valence-electron chi connectivity index (χ4n) is 2.50. The van der Waals surface area contributed by atoms with E-state index in [1.54, 1.807) is 39.5 Å². The second-order valence-electron chi connectivity index (χ2n) is 5.43. The Morgan fingerprint density at radius 2 is 1.76 bits per heavy atom. The van der Waals surface area contributed by atoms with Crippen molar-refractivity contribution in [1.82, 2.24) is 5.32 Å². The van der Waals surface area contributed by atoms with Crippen LogP contribution in [-0.4, -0.2) is 39.5 Å². The number of nitrogens with one attached hydrogen (secondary N) is 1. The van der Waals surface area contributed by atoms with Crippen molar-refractivity contribution in [2.75, 3.05) is 34.4 Å². The van der Waals surface area contributed by atoms with Crippen LogP contribution in [0.1, 0.15) is 17.2 Å². The molecule has 0 heterocycles. The molecule has 5 heteroatoms. The predicted octanol–water partition coefficient (Wildman–Crippen LogP) is 3.05. The Morgan fingerprint density at radius 1 is 1.00 bits per heavy atom. The van der Waals surface area contributed by atoms with Gasteiger partial charge in [-0.25, -0.2) is 0 Å². The zero-order valence-corrected chi connectivity index (χ0v) is 14.9. The molecule has 2 aromatic carbocycles. The van der Waals surface area contributed by atoms with E-state index in [1.807, 2.05) is 36.4 Å². The summed E-state index contributed by atoms with van der Waals surface area (Å²) in [5, 5.41) is 13.6. The standard InChI is InChI=1S/C20H25NO4/c1-23-16-10-11-20(25-3)17(13-16)18(22)14-21-12-6-8-15-7-4-5-9-19(15)24-2/h4-11,13,18,21-22H,12,14H2,1-3H3/b8-6+/t18-/m0/s1. The topological polar surface area (TPSA) is 60.0 Å². The van der Waals surface area contributed by atoms with Crippen molar-refractivity contribution >= 4 is 6.08 Å². The first-order valence-electron chi connectivity index (χ1n) is 8.09. The first kappa shape index (κ1) is 18.8. The Hall–Kier alpha value is -2.50. The number of aliphatic hydroxyl groups is 1. The lowest BCUT2D eigenvalue weighted by Gasteiger charge is -2.16. The molecule has 0 aromatic heterocycles. The smallest absolute Gasteiger partial charge is 0.126 e. The van der Waals surface area contributed by atoms with Crippen LogP contribution < -0.4 is 19.5 Å². The fraction of sp³-hybridized carbons (Fsp3) is 0.300. The molecule has 1 atom stereocenters. The zero-order chi connectivity index (χ0) is 18.1. The number of para-hydroxylation sites is 1.